The third kappa shape index (κ3) is 2.75. The first kappa shape index (κ1) is 13.9. The number of carboxylic acids is 1. The molecule has 0 aliphatic rings. The van der Waals surface area contributed by atoms with Crippen LogP contribution in [0.5, 0.6) is 0 Å². The number of amides is 2. The molecule has 1 aromatic heterocycles. The molecule has 0 radical (unpaired) electrons. The Bertz CT molecular complexity index is 700. The normalized spacial score (nSPS) is 10.3. The van der Waals surface area contributed by atoms with E-state index in [4.69, 9.17) is 10.8 Å². The molecule has 1 aromatic carbocycles. The maximum atomic E-state index is 13.6. The third-order valence-corrected chi connectivity index (χ3v) is 3.54. The second kappa shape index (κ2) is 5.25. The SMILES string of the molecule is NC(=O)Nc1cc(-c2ccc(F)cc2F)sc1C(=O)O. The molecule has 104 valence electrons. The molecule has 8 heteroatoms. The maximum absolute atomic E-state index is 13.6. The number of thiophene rings is 1. The van der Waals surface area contributed by atoms with E-state index in [1.165, 1.54) is 12.1 Å². The van der Waals surface area contributed by atoms with Crippen LogP contribution in [0.15, 0.2) is 24.3 Å². The second-order valence-corrected chi connectivity index (χ2v) is 4.82. The quantitative estimate of drug-likeness (QED) is 0.813. The lowest BCUT2D eigenvalue weighted by atomic mass is 10.1. The Hall–Kier alpha value is -2.48. The van der Waals surface area contributed by atoms with Gasteiger partial charge in [-0.25, -0.2) is 18.4 Å². The Morgan fingerprint density at radius 2 is 1.95 bits per heavy atom. The van der Waals surface area contributed by atoms with E-state index in [1.54, 1.807) is 0 Å². The number of halogens is 2. The number of nitrogens with one attached hydrogen (secondary N) is 1. The first-order chi connectivity index (χ1) is 9.38. The van der Waals surface area contributed by atoms with E-state index in [-0.39, 0.29) is 21.0 Å². The molecule has 20 heavy (non-hydrogen) atoms. The molecular formula is C12H8F2N2O3S. The fourth-order valence-corrected chi connectivity index (χ4v) is 2.58. The highest BCUT2D eigenvalue weighted by molar-refractivity contribution is 7.18. The van der Waals surface area contributed by atoms with Gasteiger partial charge in [-0.05, 0) is 18.2 Å². The predicted octanol–water partition coefficient (Wildman–Crippen LogP) is 2.88. The van der Waals surface area contributed by atoms with Crippen LogP contribution in [-0.4, -0.2) is 17.1 Å². The van der Waals surface area contributed by atoms with Crippen molar-refractivity contribution in [3.8, 4) is 10.4 Å². The van der Waals surface area contributed by atoms with Crippen molar-refractivity contribution in [3.63, 3.8) is 0 Å². The van der Waals surface area contributed by atoms with E-state index in [0.29, 0.717) is 6.07 Å². The minimum Gasteiger partial charge on any atom is -0.477 e. The number of carbonyl (C=O) groups excluding carboxylic acids is 1. The number of aromatic carboxylic acids is 1. The van der Waals surface area contributed by atoms with Gasteiger partial charge in [-0.15, -0.1) is 11.3 Å². The molecule has 0 unspecified atom stereocenters. The van der Waals surface area contributed by atoms with E-state index < -0.39 is 23.6 Å². The number of carboxylic acid groups (broad SMARTS) is 1. The van der Waals surface area contributed by atoms with Crippen LogP contribution < -0.4 is 11.1 Å². The standard InChI is InChI=1S/C12H8F2N2O3S/c13-5-1-2-6(7(14)3-5)9-4-8(16-12(15)19)10(20-9)11(17)18/h1-4H,(H,17,18)(H3,15,16,19). The van der Waals surface area contributed by atoms with Gasteiger partial charge in [0, 0.05) is 16.5 Å². The van der Waals surface area contributed by atoms with Gasteiger partial charge in [0.15, 0.2) is 0 Å². The molecular weight excluding hydrogens is 290 g/mol. The van der Waals surface area contributed by atoms with Crippen molar-refractivity contribution in [2.75, 3.05) is 5.32 Å². The zero-order valence-electron chi connectivity index (χ0n) is 9.81. The van der Waals surface area contributed by atoms with Crippen molar-refractivity contribution in [3.05, 3.63) is 40.8 Å². The van der Waals surface area contributed by atoms with Crippen LogP contribution in [-0.2, 0) is 0 Å². The summed E-state index contributed by atoms with van der Waals surface area (Å²) in [7, 11) is 0. The Kier molecular flexibility index (Phi) is 3.66. The highest BCUT2D eigenvalue weighted by atomic mass is 32.1. The molecule has 0 saturated heterocycles. The molecule has 0 atom stereocenters. The average Bonchev–Trinajstić information content (AvgIpc) is 2.71. The number of hydrogen-bond donors (Lipinski definition) is 3. The summed E-state index contributed by atoms with van der Waals surface area (Å²) in [5, 5.41) is 11.2. The topological polar surface area (TPSA) is 92.4 Å². The number of rotatable bonds is 3. The van der Waals surface area contributed by atoms with Crippen LogP contribution in [0.3, 0.4) is 0 Å². The van der Waals surface area contributed by atoms with E-state index >= 15 is 0 Å². The number of carbonyl (C=O) groups is 2. The summed E-state index contributed by atoms with van der Waals surface area (Å²) in [6.07, 6.45) is 0. The highest BCUT2D eigenvalue weighted by Gasteiger charge is 2.19. The zero-order valence-corrected chi connectivity index (χ0v) is 10.6. The van der Waals surface area contributed by atoms with Crippen LogP contribution in [0.25, 0.3) is 10.4 Å². The number of urea groups is 1. The molecule has 0 bridgehead atoms. The predicted molar refractivity (Wildman–Crippen MR) is 69.8 cm³/mol. The zero-order chi connectivity index (χ0) is 14.9. The van der Waals surface area contributed by atoms with Crippen molar-refractivity contribution < 1.29 is 23.5 Å². The van der Waals surface area contributed by atoms with Crippen molar-refractivity contribution in [1.29, 1.82) is 0 Å². The lowest BCUT2D eigenvalue weighted by molar-refractivity contribution is 0.0703. The summed E-state index contributed by atoms with van der Waals surface area (Å²) in [6, 6.07) is 3.28. The number of anilines is 1. The third-order valence-electron chi connectivity index (χ3n) is 2.38. The van der Waals surface area contributed by atoms with Gasteiger partial charge in [0.05, 0.1) is 5.69 Å². The maximum Gasteiger partial charge on any atom is 0.348 e. The summed E-state index contributed by atoms with van der Waals surface area (Å²) >= 11 is 0.750. The van der Waals surface area contributed by atoms with Crippen LogP contribution in [0.4, 0.5) is 19.3 Å². The van der Waals surface area contributed by atoms with Gasteiger partial charge in [-0.2, -0.15) is 0 Å². The second-order valence-electron chi connectivity index (χ2n) is 3.77. The van der Waals surface area contributed by atoms with Crippen molar-refractivity contribution in [1.82, 2.24) is 0 Å². The molecule has 0 fully saturated rings. The molecule has 2 amide bonds. The Morgan fingerprint density at radius 3 is 2.50 bits per heavy atom. The summed E-state index contributed by atoms with van der Waals surface area (Å²) in [5.41, 5.74) is 4.93. The van der Waals surface area contributed by atoms with E-state index in [2.05, 4.69) is 5.32 Å². The number of primary amides is 1. The lowest BCUT2D eigenvalue weighted by Crippen LogP contribution is -2.20. The summed E-state index contributed by atoms with van der Waals surface area (Å²) in [5.74, 6) is -2.85. The minimum absolute atomic E-state index is 0.0336. The van der Waals surface area contributed by atoms with Crippen LogP contribution >= 0.6 is 11.3 Å². The first-order valence-electron chi connectivity index (χ1n) is 5.27. The molecule has 0 spiro atoms. The molecule has 2 rings (SSSR count). The molecule has 4 N–H and O–H groups in total. The van der Waals surface area contributed by atoms with Gasteiger partial charge >= 0.3 is 12.0 Å². The van der Waals surface area contributed by atoms with Gasteiger partial charge in [-0.1, -0.05) is 0 Å². The molecule has 0 aliphatic heterocycles. The van der Waals surface area contributed by atoms with Gasteiger partial charge in [0.1, 0.15) is 16.5 Å². The van der Waals surface area contributed by atoms with E-state index in [1.807, 2.05) is 0 Å². The smallest absolute Gasteiger partial charge is 0.348 e. The van der Waals surface area contributed by atoms with Crippen molar-refractivity contribution in [2.24, 2.45) is 5.73 Å². The molecule has 1 heterocycles. The van der Waals surface area contributed by atoms with E-state index in [9.17, 15) is 18.4 Å². The van der Waals surface area contributed by atoms with Crippen molar-refractivity contribution >= 4 is 29.0 Å². The van der Waals surface area contributed by atoms with Gasteiger partial charge < -0.3 is 16.2 Å². The molecule has 5 nitrogen and oxygen atoms in total. The molecule has 0 aliphatic carbocycles. The lowest BCUT2D eigenvalue weighted by Gasteiger charge is -1.99. The number of hydrogen-bond acceptors (Lipinski definition) is 3. The molecule has 2 aromatic rings. The fourth-order valence-electron chi connectivity index (χ4n) is 1.60. The summed E-state index contributed by atoms with van der Waals surface area (Å²) in [6.45, 7) is 0. The summed E-state index contributed by atoms with van der Waals surface area (Å²) in [4.78, 5) is 21.9. The van der Waals surface area contributed by atoms with Crippen molar-refractivity contribution in [2.45, 2.75) is 0 Å². The van der Waals surface area contributed by atoms with E-state index in [0.717, 1.165) is 17.4 Å². The highest BCUT2D eigenvalue weighted by Crippen LogP contribution is 2.36. The Balaban J connectivity index is 2.52. The summed E-state index contributed by atoms with van der Waals surface area (Å²) < 4.78 is 26.5. The van der Waals surface area contributed by atoms with Gasteiger partial charge in [-0.3, -0.25) is 0 Å². The van der Waals surface area contributed by atoms with Gasteiger partial charge in [0.2, 0.25) is 0 Å². The van der Waals surface area contributed by atoms with Crippen LogP contribution in [0, 0.1) is 11.6 Å². The van der Waals surface area contributed by atoms with Gasteiger partial charge in [0.25, 0.3) is 0 Å². The van der Waals surface area contributed by atoms with Crippen LogP contribution in [0.2, 0.25) is 0 Å². The average molecular weight is 298 g/mol. The fraction of sp³-hybridized carbons (Fsp3) is 0. The van der Waals surface area contributed by atoms with Crippen LogP contribution in [0.1, 0.15) is 9.67 Å². The minimum atomic E-state index is -1.28. The largest absolute Gasteiger partial charge is 0.477 e. The number of nitrogens with two attached hydrogens (primary N) is 1. The Morgan fingerprint density at radius 1 is 1.25 bits per heavy atom. The first-order valence-corrected chi connectivity index (χ1v) is 6.09. The number of benzene rings is 1. The monoisotopic (exact) mass is 298 g/mol. The Labute approximate surface area is 115 Å². The molecule has 0 saturated carbocycles.